The van der Waals surface area contributed by atoms with Crippen LogP contribution in [0.25, 0.3) is 0 Å². The molecule has 0 amide bonds. The van der Waals surface area contributed by atoms with Gasteiger partial charge in [-0.3, -0.25) is 0 Å². The highest BCUT2D eigenvalue weighted by Gasteiger charge is 2.33. The molecule has 1 fully saturated rings. The van der Waals surface area contributed by atoms with Crippen LogP contribution in [-0.2, 0) is 4.74 Å². The van der Waals surface area contributed by atoms with Crippen molar-refractivity contribution in [1.29, 1.82) is 0 Å². The van der Waals surface area contributed by atoms with Gasteiger partial charge in [0.25, 0.3) is 0 Å². The minimum Gasteiger partial charge on any atom is -0.373 e. The molecule has 0 aromatic carbocycles. The highest BCUT2D eigenvalue weighted by molar-refractivity contribution is 4.94. The molecule has 0 aromatic heterocycles. The predicted octanol–water partition coefficient (Wildman–Crippen LogP) is 2.72. The maximum absolute atomic E-state index is 5.90. The first-order valence-corrected chi connectivity index (χ1v) is 6.32. The van der Waals surface area contributed by atoms with Crippen LogP contribution in [0.1, 0.15) is 53.4 Å². The van der Waals surface area contributed by atoms with E-state index in [4.69, 9.17) is 11.2 Å². The first-order valence-electron chi connectivity index (χ1n) is 6.32. The summed E-state index contributed by atoms with van der Waals surface area (Å²) in [5.41, 5.74) is -0.0153. The SMILES string of the molecule is C#CCC(CC)NC1CC(OC(C)(C)C)C1. The van der Waals surface area contributed by atoms with Gasteiger partial charge >= 0.3 is 0 Å². The Morgan fingerprint density at radius 1 is 1.44 bits per heavy atom. The van der Waals surface area contributed by atoms with E-state index in [2.05, 4.69) is 38.9 Å². The standard InChI is InChI=1S/C14H25NO/c1-6-8-11(7-2)15-12-9-13(10-12)16-14(3,4)5/h1,11-13,15H,7-10H2,2-5H3. The van der Waals surface area contributed by atoms with E-state index in [1.807, 2.05) is 0 Å². The molecule has 0 heterocycles. The zero-order chi connectivity index (χ0) is 12.2. The van der Waals surface area contributed by atoms with Gasteiger partial charge in [0.05, 0.1) is 11.7 Å². The van der Waals surface area contributed by atoms with E-state index in [1.54, 1.807) is 0 Å². The number of rotatable bonds is 5. The Morgan fingerprint density at radius 3 is 2.50 bits per heavy atom. The molecule has 16 heavy (non-hydrogen) atoms. The van der Waals surface area contributed by atoms with Crippen molar-refractivity contribution in [3.63, 3.8) is 0 Å². The third-order valence-electron chi connectivity index (χ3n) is 2.94. The summed E-state index contributed by atoms with van der Waals surface area (Å²) in [6.07, 6.45) is 9.95. The zero-order valence-corrected chi connectivity index (χ0v) is 11.0. The largest absolute Gasteiger partial charge is 0.373 e. The van der Waals surface area contributed by atoms with Crippen LogP contribution >= 0.6 is 0 Å². The molecule has 1 rings (SSSR count). The number of hydrogen-bond acceptors (Lipinski definition) is 2. The second-order valence-electron chi connectivity index (χ2n) is 5.70. The summed E-state index contributed by atoms with van der Waals surface area (Å²) in [6, 6.07) is 1.08. The van der Waals surface area contributed by atoms with Gasteiger partial charge in [-0.25, -0.2) is 0 Å². The Bertz CT molecular complexity index is 242. The zero-order valence-electron chi connectivity index (χ0n) is 11.0. The lowest BCUT2D eigenvalue weighted by Crippen LogP contribution is -2.50. The van der Waals surface area contributed by atoms with Crippen molar-refractivity contribution in [2.45, 2.75) is 77.2 Å². The smallest absolute Gasteiger partial charge is 0.0612 e. The van der Waals surface area contributed by atoms with Gasteiger partial charge in [0.15, 0.2) is 0 Å². The molecule has 1 aliphatic carbocycles. The number of hydrogen-bond donors (Lipinski definition) is 1. The maximum atomic E-state index is 5.90. The van der Waals surface area contributed by atoms with Gasteiger partial charge in [-0.15, -0.1) is 12.3 Å². The lowest BCUT2D eigenvalue weighted by atomic mass is 9.87. The molecule has 1 aliphatic rings. The van der Waals surface area contributed by atoms with Crippen LogP contribution < -0.4 is 5.32 Å². The van der Waals surface area contributed by atoms with Crippen LogP contribution in [-0.4, -0.2) is 23.8 Å². The van der Waals surface area contributed by atoms with Gasteiger partial charge in [0, 0.05) is 18.5 Å². The molecule has 0 radical (unpaired) electrons. The van der Waals surface area contributed by atoms with E-state index in [0.29, 0.717) is 18.2 Å². The molecule has 0 aromatic rings. The third-order valence-corrected chi connectivity index (χ3v) is 2.94. The predicted molar refractivity (Wildman–Crippen MR) is 68.3 cm³/mol. The Hall–Kier alpha value is -0.520. The number of nitrogens with one attached hydrogen (secondary N) is 1. The highest BCUT2D eigenvalue weighted by atomic mass is 16.5. The molecular weight excluding hydrogens is 198 g/mol. The first-order chi connectivity index (χ1) is 7.44. The van der Waals surface area contributed by atoms with E-state index < -0.39 is 0 Å². The molecule has 0 saturated heterocycles. The van der Waals surface area contributed by atoms with E-state index in [1.165, 1.54) is 0 Å². The Morgan fingerprint density at radius 2 is 2.06 bits per heavy atom. The quantitative estimate of drug-likeness (QED) is 0.724. The van der Waals surface area contributed by atoms with Crippen LogP contribution in [0, 0.1) is 12.3 Å². The van der Waals surface area contributed by atoms with Crippen molar-refractivity contribution in [3.05, 3.63) is 0 Å². The van der Waals surface area contributed by atoms with Crippen molar-refractivity contribution in [2.24, 2.45) is 0 Å². The lowest BCUT2D eigenvalue weighted by Gasteiger charge is -2.41. The fraction of sp³-hybridized carbons (Fsp3) is 0.857. The Balaban J connectivity index is 2.19. The molecule has 1 saturated carbocycles. The Kier molecular flexibility index (Phi) is 4.83. The second-order valence-corrected chi connectivity index (χ2v) is 5.70. The minimum absolute atomic E-state index is 0.0153. The molecule has 0 aliphatic heterocycles. The summed E-state index contributed by atoms with van der Waals surface area (Å²) in [6.45, 7) is 8.51. The molecule has 2 heteroatoms. The molecule has 0 spiro atoms. The van der Waals surface area contributed by atoms with Gasteiger partial charge in [-0.1, -0.05) is 6.92 Å². The fourth-order valence-electron chi connectivity index (χ4n) is 2.09. The first kappa shape index (κ1) is 13.5. The molecule has 1 atom stereocenters. The molecular formula is C14H25NO. The van der Waals surface area contributed by atoms with Crippen LogP contribution in [0.15, 0.2) is 0 Å². The number of ether oxygens (including phenoxy) is 1. The second kappa shape index (κ2) is 5.70. The van der Waals surface area contributed by atoms with Crippen molar-refractivity contribution in [1.82, 2.24) is 5.32 Å². The number of terminal acetylenes is 1. The highest BCUT2D eigenvalue weighted by Crippen LogP contribution is 2.28. The lowest BCUT2D eigenvalue weighted by molar-refractivity contribution is -0.103. The van der Waals surface area contributed by atoms with Gasteiger partial charge in [-0.05, 0) is 40.0 Å². The summed E-state index contributed by atoms with van der Waals surface area (Å²) in [5.74, 6) is 2.73. The van der Waals surface area contributed by atoms with Crippen molar-refractivity contribution in [2.75, 3.05) is 0 Å². The molecule has 92 valence electrons. The molecule has 1 unspecified atom stereocenters. The average molecular weight is 223 g/mol. The summed E-state index contributed by atoms with van der Waals surface area (Å²) in [7, 11) is 0. The van der Waals surface area contributed by atoms with Gasteiger partial charge in [-0.2, -0.15) is 0 Å². The van der Waals surface area contributed by atoms with Gasteiger partial charge in [0.2, 0.25) is 0 Å². The van der Waals surface area contributed by atoms with E-state index in [0.717, 1.165) is 25.7 Å². The van der Waals surface area contributed by atoms with Gasteiger partial charge in [0.1, 0.15) is 0 Å². The van der Waals surface area contributed by atoms with Crippen LogP contribution in [0.5, 0.6) is 0 Å². The monoisotopic (exact) mass is 223 g/mol. The van der Waals surface area contributed by atoms with E-state index >= 15 is 0 Å². The molecule has 1 N–H and O–H groups in total. The Labute approximate surface area is 100 Å². The van der Waals surface area contributed by atoms with Crippen molar-refractivity contribution < 1.29 is 4.74 Å². The van der Waals surface area contributed by atoms with Crippen LogP contribution in [0.4, 0.5) is 0 Å². The third kappa shape index (κ3) is 4.55. The summed E-state index contributed by atoms with van der Waals surface area (Å²) in [4.78, 5) is 0. The minimum atomic E-state index is -0.0153. The average Bonchev–Trinajstić information content (AvgIpc) is 2.11. The van der Waals surface area contributed by atoms with E-state index in [9.17, 15) is 0 Å². The maximum Gasteiger partial charge on any atom is 0.0612 e. The van der Waals surface area contributed by atoms with Crippen LogP contribution in [0.3, 0.4) is 0 Å². The summed E-state index contributed by atoms with van der Waals surface area (Å²) >= 11 is 0. The topological polar surface area (TPSA) is 21.3 Å². The summed E-state index contributed by atoms with van der Waals surface area (Å²) < 4.78 is 5.90. The fourth-order valence-corrected chi connectivity index (χ4v) is 2.09. The van der Waals surface area contributed by atoms with Crippen molar-refractivity contribution in [3.8, 4) is 12.3 Å². The summed E-state index contributed by atoms with van der Waals surface area (Å²) in [5, 5.41) is 3.60. The molecule has 2 nitrogen and oxygen atoms in total. The van der Waals surface area contributed by atoms with E-state index in [-0.39, 0.29) is 5.60 Å². The van der Waals surface area contributed by atoms with Gasteiger partial charge < -0.3 is 10.1 Å². The molecule has 0 bridgehead atoms. The normalized spacial score (nSPS) is 26.9. The van der Waals surface area contributed by atoms with Crippen molar-refractivity contribution >= 4 is 0 Å². The van der Waals surface area contributed by atoms with Crippen LogP contribution in [0.2, 0.25) is 0 Å².